The molecule has 132 valence electrons. The van der Waals surface area contributed by atoms with Crippen molar-refractivity contribution in [2.45, 2.75) is 32.9 Å². The number of benzene rings is 1. The van der Waals surface area contributed by atoms with Crippen LogP contribution >= 0.6 is 0 Å². The lowest BCUT2D eigenvalue weighted by atomic mass is 10.2. The lowest BCUT2D eigenvalue weighted by molar-refractivity contribution is 0.648. The Hall–Kier alpha value is -2.56. The Morgan fingerprint density at radius 1 is 1.20 bits per heavy atom. The Bertz CT molecular complexity index is 698. The van der Waals surface area contributed by atoms with Gasteiger partial charge in [-0.2, -0.15) is 0 Å². The number of aliphatic imine (C=N–C) groups is 1. The molecule has 1 atom stereocenters. The fourth-order valence-corrected chi connectivity index (χ4v) is 3.11. The van der Waals surface area contributed by atoms with Crippen LogP contribution in [0.15, 0.2) is 53.5 Å². The number of rotatable bonds is 5. The van der Waals surface area contributed by atoms with E-state index >= 15 is 0 Å². The molecule has 3 rings (SSSR count). The quantitative estimate of drug-likeness (QED) is 0.651. The minimum Gasteiger partial charge on any atom is -0.369 e. The molecule has 1 aromatic carbocycles. The van der Waals surface area contributed by atoms with Crippen LogP contribution in [0, 0.1) is 6.92 Å². The van der Waals surface area contributed by atoms with Crippen LogP contribution in [-0.4, -0.2) is 36.6 Å². The second-order valence-corrected chi connectivity index (χ2v) is 6.38. The summed E-state index contributed by atoms with van der Waals surface area (Å²) in [5.41, 5.74) is 3.31. The Labute approximate surface area is 150 Å². The number of aromatic nitrogens is 1. The smallest absolute Gasteiger partial charge is 0.191 e. The highest BCUT2D eigenvalue weighted by Crippen LogP contribution is 2.19. The molecule has 0 saturated carbocycles. The molecule has 0 bridgehead atoms. The molecule has 1 aliphatic heterocycles. The van der Waals surface area contributed by atoms with E-state index in [-0.39, 0.29) is 0 Å². The minimum absolute atomic E-state index is 0.406. The van der Waals surface area contributed by atoms with Gasteiger partial charge in [-0.25, -0.2) is 4.99 Å². The highest BCUT2D eigenvalue weighted by molar-refractivity contribution is 5.80. The van der Waals surface area contributed by atoms with E-state index in [1.54, 1.807) is 0 Å². The van der Waals surface area contributed by atoms with E-state index in [4.69, 9.17) is 4.99 Å². The van der Waals surface area contributed by atoms with Crippen molar-refractivity contribution in [2.24, 2.45) is 4.99 Å². The SMILES string of the molecule is CCNC(=NCc1cccc(C)n1)NC1CCN(c2ccccc2)C1. The van der Waals surface area contributed by atoms with Crippen LogP contribution in [0.2, 0.25) is 0 Å². The van der Waals surface area contributed by atoms with Crippen LogP contribution in [0.1, 0.15) is 24.7 Å². The molecule has 5 heteroatoms. The summed E-state index contributed by atoms with van der Waals surface area (Å²) in [6.45, 7) is 7.60. The van der Waals surface area contributed by atoms with Gasteiger partial charge < -0.3 is 15.5 Å². The predicted molar refractivity (Wildman–Crippen MR) is 104 cm³/mol. The van der Waals surface area contributed by atoms with Crippen LogP contribution in [0.25, 0.3) is 0 Å². The van der Waals surface area contributed by atoms with Gasteiger partial charge in [-0.1, -0.05) is 24.3 Å². The van der Waals surface area contributed by atoms with Crippen molar-refractivity contribution >= 4 is 11.6 Å². The molecule has 0 radical (unpaired) electrons. The van der Waals surface area contributed by atoms with Gasteiger partial charge in [0.15, 0.2) is 5.96 Å². The van der Waals surface area contributed by atoms with Gasteiger partial charge in [-0.05, 0) is 44.5 Å². The number of anilines is 1. The summed E-state index contributed by atoms with van der Waals surface area (Å²) < 4.78 is 0. The minimum atomic E-state index is 0.406. The Kier molecular flexibility index (Phi) is 5.88. The van der Waals surface area contributed by atoms with Gasteiger partial charge in [0.1, 0.15) is 0 Å². The number of hydrogen-bond donors (Lipinski definition) is 2. The van der Waals surface area contributed by atoms with Crippen LogP contribution in [0.4, 0.5) is 5.69 Å². The second kappa shape index (κ2) is 8.51. The molecular formula is C20H27N5. The zero-order chi connectivity index (χ0) is 17.5. The standard InChI is InChI=1S/C20H27N5/c1-3-21-20(22-14-17-9-7-8-16(2)23-17)24-18-12-13-25(15-18)19-10-5-4-6-11-19/h4-11,18H,3,12-15H2,1-2H3,(H2,21,22,24). The average molecular weight is 337 g/mol. The van der Waals surface area contributed by atoms with Crippen molar-refractivity contribution in [2.75, 3.05) is 24.5 Å². The number of pyridine rings is 1. The van der Waals surface area contributed by atoms with Gasteiger partial charge in [0.25, 0.3) is 0 Å². The third-order valence-electron chi connectivity index (χ3n) is 4.34. The number of aryl methyl sites for hydroxylation is 1. The summed E-state index contributed by atoms with van der Waals surface area (Å²) in [5, 5.41) is 6.91. The largest absolute Gasteiger partial charge is 0.369 e. The molecule has 1 fully saturated rings. The van der Waals surface area contributed by atoms with Crippen LogP contribution in [0.3, 0.4) is 0 Å². The van der Waals surface area contributed by atoms with E-state index in [0.717, 1.165) is 43.4 Å². The van der Waals surface area contributed by atoms with Gasteiger partial charge in [0.05, 0.1) is 12.2 Å². The average Bonchev–Trinajstić information content (AvgIpc) is 3.09. The molecule has 1 aliphatic rings. The number of nitrogens with zero attached hydrogens (tertiary/aromatic N) is 3. The molecule has 2 aromatic rings. The number of hydrogen-bond acceptors (Lipinski definition) is 3. The molecule has 5 nitrogen and oxygen atoms in total. The van der Waals surface area contributed by atoms with Crippen molar-refractivity contribution < 1.29 is 0 Å². The van der Waals surface area contributed by atoms with Gasteiger partial charge in [-0.3, -0.25) is 4.98 Å². The van der Waals surface area contributed by atoms with Crippen molar-refractivity contribution in [3.63, 3.8) is 0 Å². The molecule has 1 saturated heterocycles. The maximum Gasteiger partial charge on any atom is 0.191 e. The third-order valence-corrected chi connectivity index (χ3v) is 4.34. The monoisotopic (exact) mass is 337 g/mol. The fourth-order valence-electron chi connectivity index (χ4n) is 3.11. The molecule has 2 heterocycles. The lowest BCUT2D eigenvalue weighted by Gasteiger charge is -2.20. The predicted octanol–water partition coefficient (Wildman–Crippen LogP) is 2.72. The lowest BCUT2D eigenvalue weighted by Crippen LogP contribution is -2.44. The zero-order valence-corrected chi connectivity index (χ0v) is 15.1. The summed E-state index contributed by atoms with van der Waals surface area (Å²) in [7, 11) is 0. The van der Waals surface area contributed by atoms with Crippen molar-refractivity contribution in [3.8, 4) is 0 Å². The molecule has 1 unspecified atom stereocenters. The fraction of sp³-hybridized carbons (Fsp3) is 0.400. The first-order chi connectivity index (χ1) is 12.2. The highest BCUT2D eigenvalue weighted by Gasteiger charge is 2.23. The van der Waals surface area contributed by atoms with E-state index in [1.165, 1.54) is 5.69 Å². The van der Waals surface area contributed by atoms with E-state index in [1.807, 2.05) is 25.1 Å². The Morgan fingerprint density at radius 2 is 2.04 bits per heavy atom. The number of nitrogens with one attached hydrogen (secondary N) is 2. The summed E-state index contributed by atoms with van der Waals surface area (Å²) in [4.78, 5) is 11.6. The van der Waals surface area contributed by atoms with Crippen molar-refractivity contribution in [1.82, 2.24) is 15.6 Å². The highest BCUT2D eigenvalue weighted by atomic mass is 15.2. The van der Waals surface area contributed by atoms with Gasteiger partial charge in [0.2, 0.25) is 0 Å². The van der Waals surface area contributed by atoms with Crippen LogP contribution < -0.4 is 15.5 Å². The summed E-state index contributed by atoms with van der Waals surface area (Å²) in [6.07, 6.45) is 1.11. The first kappa shape index (κ1) is 17.3. The molecule has 1 aromatic heterocycles. The van der Waals surface area contributed by atoms with Gasteiger partial charge in [-0.15, -0.1) is 0 Å². The van der Waals surface area contributed by atoms with E-state index in [0.29, 0.717) is 12.6 Å². The van der Waals surface area contributed by atoms with E-state index in [2.05, 4.69) is 57.8 Å². The summed E-state index contributed by atoms with van der Waals surface area (Å²) >= 11 is 0. The third kappa shape index (κ3) is 4.95. The van der Waals surface area contributed by atoms with Crippen LogP contribution in [-0.2, 0) is 6.54 Å². The van der Waals surface area contributed by atoms with Gasteiger partial charge in [0, 0.05) is 37.1 Å². The number of guanidine groups is 1. The van der Waals surface area contributed by atoms with E-state index in [9.17, 15) is 0 Å². The first-order valence-corrected chi connectivity index (χ1v) is 9.02. The zero-order valence-electron chi connectivity index (χ0n) is 15.1. The number of para-hydroxylation sites is 1. The normalized spacial score (nSPS) is 17.6. The molecule has 0 spiro atoms. The Morgan fingerprint density at radius 3 is 2.80 bits per heavy atom. The molecule has 0 amide bonds. The second-order valence-electron chi connectivity index (χ2n) is 6.38. The topological polar surface area (TPSA) is 52.6 Å². The molecular weight excluding hydrogens is 310 g/mol. The summed E-state index contributed by atoms with van der Waals surface area (Å²) in [6, 6.07) is 17.1. The van der Waals surface area contributed by atoms with E-state index < -0.39 is 0 Å². The summed E-state index contributed by atoms with van der Waals surface area (Å²) in [5.74, 6) is 0.866. The Balaban J connectivity index is 1.59. The van der Waals surface area contributed by atoms with Crippen LogP contribution in [0.5, 0.6) is 0 Å². The van der Waals surface area contributed by atoms with Gasteiger partial charge >= 0.3 is 0 Å². The van der Waals surface area contributed by atoms with Crippen molar-refractivity contribution in [1.29, 1.82) is 0 Å². The molecule has 25 heavy (non-hydrogen) atoms. The first-order valence-electron chi connectivity index (χ1n) is 9.02. The van der Waals surface area contributed by atoms with Crippen molar-refractivity contribution in [3.05, 3.63) is 59.9 Å². The maximum atomic E-state index is 4.70. The molecule has 2 N–H and O–H groups in total. The molecule has 0 aliphatic carbocycles. The maximum absolute atomic E-state index is 4.70.